The van der Waals surface area contributed by atoms with Crippen molar-refractivity contribution >= 4 is 10.9 Å². The Morgan fingerprint density at radius 2 is 1.44 bits per heavy atom. The minimum atomic E-state index is 0.284. The molecule has 0 saturated heterocycles. The lowest BCUT2D eigenvalue weighted by Gasteiger charge is -2.13. The van der Waals surface area contributed by atoms with Gasteiger partial charge in [0.25, 0.3) is 0 Å². The summed E-state index contributed by atoms with van der Waals surface area (Å²) in [5.74, 6) is 0.981. The van der Waals surface area contributed by atoms with E-state index in [-0.39, 0.29) is 5.75 Å². The molecule has 0 fully saturated rings. The van der Waals surface area contributed by atoms with Crippen LogP contribution in [-0.2, 0) is 0 Å². The predicted molar refractivity (Wildman–Crippen MR) is 64.9 cm³/mol. The maximum Gasteiger partial charge on any atom is 0.145 e. The van der Waals surface area contributed by atoms with Gasteiger partial charge in [0.1, 0.15) is 17.1 Å². The van der Waals surface area contributed by atoms with Crippen molar-refractivity contribution in [3.63, 3.8) is 0 Å². The third kappa shape index (κ3) is 1.35. The summed E-state index contributed by atoms with van der Waals surface area (Å²) in [5.41, 5.74) is 4.77. The quantitative estimate of drug-likeness (QED) is 0.736. The molecule has 0 unspecified atom stereocenters. The first kappa shape index (κ1) is 10.9. The van der Waals surface area contributed by atoms with Gasteiger partial charge in [-0.05, 0) is 51.3 Å². The topological polar surface area (TPSA) is 46.0 Å². The van der Waals surface area contributed by atoms with Gasteiger partial charge in [-0.2, -0.15) is 0 Å². The molecule has 1 N–H and O–H groups in total. The van der Waals surface area contributed by atoms with E-state index in [1.807, 2.05) is 27.7 Å². The molecular weight excluding hydrogens is 200 g/mol. The van der Waals surface area contributed by atoms with Gasteiger partial charge in [0.2, 0.25) is 0 Å². The number of hydrogen-bond donors (Lipinski definition) is 1. The first-order valence-corrected chi connectivity index (χ1v) is 5.37. The van der Waals surface area contributed by atoms with Crippen LogP contribution in [0, 0.1) is 34.6 Å². The van der Waals surface area contributed by atoms with Gasteiger partial charge in [-0.25, -0.2) is 9.97 Å². The zero-order valence-corrected chi connectivity index (χ0v) is 10.3. The van der Waals surface area contributed by atoms with Crippen molar-refractivity contribution in [2.75, 3.05) is 0 Å². The fourth-order valence-corrected chi connectivity index (χ4v) is 2.16. The Labute approximate surface area is 95.2 Å². The fourth-order valence-electron chi connectivity index (χ4n) is 2.16. The predicted octanol–water partition coefficient (Wildman–Crippen LogP) is 2.88. The van der Waals surface area contributed by atoms with Crippen LogP contribution in [0.2, 0.25) is 0 Å². The summed E-state index contributed by atoms with van der Waals surface area (Å²) in [6.45, 7) is 9.79. The highest BCUT2D eigenvalue weighted by Crippen LogP contribution is 2.34. The summed E-state index contributed by atoms with van der Waals surface area (Å²) in [4.78, 5) is 8.69. The smallest absolute Gasteiger partial charge is 0.145 e. The molecular formula is C13H16N2O. The summed E-state index contributed by atoms with van der Waals surface area (Å²) in [5, 5.41) is 11.1. The van der Waals surface area contributed by atoms with Gasteiger partial charge in [0.05, 0.1) is 0 Å². The highest BCUT2D eigenvalue weighted by atomic mass is 16.3. The van der Waals surface area contributed by atoms with Crippen LogP contribution >= 0.6 is 0 Å². The molecule has 3 heteroatoms. The molecule has 0 amide bonds. The minimum absolute atomic E-state index is 0.284. The van der Waals surface area contributed by atoms with Crippen molar-refractivity contribution in [3.8, 4) is 5.75 Å². The van der Waals surface area contributed by atoms with Gasteiger partial charge in [0.15, 0.2) is 0 Å². The number of phenolic OH excluding ortho intramolecular Hbond substituents is 1. The molecule has 1 aromatic carbocycles. The van der Waals surface area contributed by atoms with Crippen molar-refractivity contribution in [2.45, 2.75) is 34.6 Å². The summed E-state index contributed by atoms with van der Waals surface area (Å²) < 4.78 is 0. The number of nitrogens with zero attached hydrogens (tertiary/aromatic N) is 2. The Kier molecular flexibility index (Phi) is 2.34. The van der Waals surface area contributed by atoms with Gasteiger partial charge in [0, 0.05) is 11.1 Å². The van der Waals surface area contributed by atoms with Crippen LogP contribution in [-0.4, -0.2) is 15.1 Å². The van der Waals surface area contributed by atoms with E-state index in [2.05, 4.69) is 16.9 Å². The molecule has 1 aromatic heterocycles. The number of fused-ring (bicyclic) bond motifs is 1. The first-order chi connectivity index (χ1) is 7.43. The van der Waals surface area contributed by atoms with E-state index in [9.17, 15) is 5.11 Å². The molecule has 0 radical (unpaired) electrons. The summed E-state index contributed by atoms with van der Waals surface area (Å²) in [7, 11) is 0. The van der Waals surface area contributed by atoms with E-state index >= 15 is 0 Å². The molecule has 0 bridgehead atoms. The van der Waals surface area contributed by atoms with E-state index in [0.29, 0.717) is 11.3 Å². The van der Waals surface area contributed by atoms with Crippen LogP contribution in [0.4, 0.5) is 0 Å². The maximum absolute atomic E-state index is 10.1. The van der Waals surface area contributed by atoms with Gasteiger partial charge in [-0.15, -0.1) is 0 Å². The van der Waals surface area contributed by atoms with Crippen molar-refractivity contribution < 1.29 is 5.11 Å². The molecule has 3 nitrogen and oxygen atoms in total. The second-order valence-corrected chi connectivity index (χ2v) is 4.30. The average Bonchev–Trinajstić information content (AvgIpc) is 2.22. The highest BCUT2D eigenvalue weighted by Gasteiger charge is 2.14. The molecule has 0 aliphatic carbocycles. The normalized spacial score (nSPS) is 11.1. The zero-order valence-electron chi connectivity index (χ0n) is 10.3. The number of aromatic nitrogens is 2. The molecule has 16 heavy (non-hydrogen) atoms. The Bertz CT molecular complexity index is 588. The number of benzene rings is 1. The van der Waals surface area contributed by atoms with Crippen molar-refractivity contribution in [1.82, 2.24) is 9.97 Å². The van der Waals surface area contributed by atoms with Crippen molar-refractivity contribution in [2.24, 2.45) is 0 Å². The lowest BCUT2D eigenvalue weighted by Crippen LogP contribution is -1.99. The van der Waals surface area contributed by atoms with Crippen LogP contribution < -0.4 is 0 Å². The van der Waals surface area contributed by atoms with Crippen molar-refractivity contribution in [3.05, 3.63) is 28.2 Å². The van der Waals surface area contributed by atoms with Crippen LogP contribution in [0.5, 0.6) is 5.75 Å². The SMILES string of the molecule is Cc1nc(C)c2c(C)c(C)c(C)c(O)c2n1. The van der Waals surface area contributed by atoms with E-state index in [1.165, 1.54) is 0 Å². The van der Waals surface area contributed by atoms with E-state index in [1.54, 1.807) is 0 Å². The van der Waals surface area contributed by atoms with Gasteiger partial charge < -0.3 is 5.11 Å². The second kappa shape index (κ2) is 3.44. The van der Waals surface area contributed by atoms with Gasteiger partial charge in [-0.3, -0.25) is 0 Å². The lowest BCUT2D eigenvalue weighted by molar-refractivity contribution is 0.475. The molecule has 84 valence electrons. The molecule has 0 saturated carbocycles. The van der Waals surface area contributed by atoms with Crippen LogP contribution in [0.25, 0.3) is 10.9 Å². The van der Waals surface area contributed by atoms with Gasteiger partial charge >= 0.3 is 0 Å². The zero-order chi connectivity index (χ0) is 12.0. The molecule has 0 aliphatic heterocycles. The van der Waals surface area contributed by atoms with Crippen LogP contribution in [0.3, 0.4) is 0 Å². The minimum Gasteiger partial charge on any atom is -0.505 e. The summed E-state index contributed by atoms with van der Waals surface area (Å²) in [6.07, 6.45) is 0. The molecule has 2 aromatic rings. The van der Waals surface area contributed by atoms with Gasteiger partial charge in [-0.1, -0.05) is 0 Å². The Morgan fingerprint density at radius 3 is 2.06 bits per heavy atom. The second-order valence-electron chi connectivity index (χ2n) is 4.30. The Balaban J connectivity index is 3.08. The third-order valence-electron chi connectivity index (χ3n) is 3.28. The van der Waals surface area contributed by atoms with Crippen LogP contribution in [0.1, 0.15) is 28.2 Å². The number of rotatable bonds is 0. The summed E-state index contributed by atoms with van der Waals surface area (Å²) >= 11 is 0. The number of hydrogen-bond acceptors (Lipinski definition) is 3. The third-order valence-corrected chi connectivity index (χ3v) is 3.28. The highest BCUT2D eigenvalue weighted by molar-refractivity contribution is 5.91. The fraction of sp³-hybridized carbons (Fsp3) is 0.385. The van der Waals surface area contributed by atoms with E-state index in [4.69, 9.17) is 0 Å². The first-order valence-electron chi connectivity index (χ1n) is 5.37. The van der Waals surface area contributed by atoms with Crippen LogP contribution in [0.15, 0.2) is 0 Å². The molecule has 0 atom stereocenters. The largest absolute Gasteiger partial charge is 0.505 e. The molecule has 1 heterocycles. The summed E-state index contributed by atoms with van der Waals surface area (Å²) in [6, 6.07) is 0. The number of aryl methyl sites for hydroxylation is 3. The lowest BCUT2D eigenvalue weighted by atomic mass is 9.97. The van der Waals surface area contributed by atoms with E-state index in [0.717, 1.165) is 27.8 Å². The number of aromatic hydroxyl groups is 1. The van der Waals surface area contributed by atoms with Crippen molar-refractivity contribution in [1.29, 1.82) is 0 Å². The molecule has 2 rings (SSSR count). The Hall–Kier alpha value is -1.64. The number of phenols is 1. The standard InChI is InChI=1S/C13H16N2O/c1-6-7(2)11-9(4)14-10(5)15-12(11)13(16)8(6)3/h16H,1-5H3. The molecule has 0 spiro atoms. The monoisotopic (exact) mass is 216 g/mol. The van der Waals surface area contributed by atoms with E-state index < -0.39 is 0 Å². The maximum atomic E-state index is 10.1. The Morgan fingerprint density at radius 1 is 0.812 bits per heavy atom. The molecule has 0 aliphatic rings. The average molecular weight is 216 g/mol.